The molecule has 1 N–H and O–H groups in total. The fourth-order valence-corrected chi connectivity index (χ4v) is 5.15. The zero-order valence-corrected chi connectivity index (χ0v) is 23.6. The van der Waals surface area contributed by atoms with E-state index in [-0.39, 0.29) is 30.1 Å². The number of methoxy groups -OCH3 is 1. The summed E-state index contributed by atoms with van der Waals surface area (Å²) in [4.78, 5) is 39.3. The molecule has 0 aliphatic carbocycles. The zero-order valence-electron chi connectivity index (χ0n) is 22.7. The van der Waals surface area contributed by atoms with Crippen molar-refractivity contribution in [2.45, 2.75) is 25.9 Å². The zero-order chi connectivity index (χ0) is 29.4. The first-order valence-corrected chi connectivity index (χ1v) is 14.2. The summed E-state index contributed by atoms with van der Waals surface area (Å²) in [7, 11) is -1.37. The second-order valence-corrected chi connectivity index (χ2v) is 11.1. The Bertz CT molecular complexity index is 1480. The smallest absolute Gasteiger partial charge is 0.271 e. The lowest BCUT2D eigenvalue weighted by Gasteiger charge is -2.33. The van der Waals surface area contributed by atoms with Crippen LogP contribution in [0.15, 0.2) is 72.8 Å². The van der Waals surface area contributed by atoms with E-state index in [4.69, 9.17) is 4.74 Å². The van der Waals surface area contributed by atoms with Crippen molar-refractivity contribution in [1.82, 2.24) is 10.2 Å². The first-order valence-electron chi connectivity index (χ1n) is 12.3. The summed E-state index contributed by atoms with van der Waals surface area (Å²) in [6, 6.07) is 19.1. The highest BCUT2D eigenvalue weighted by atomic mass is 32.2. The molecule has 0 fully saturated rings. The molecule has 212 valence electrons. The highest BCUT2D eigenvalue weighted by Crippen LogP contribution is 2.34. The maximum absolute atomic E-state index is 14.0. The number of nitro groups is 1. The summed E-state index contributed by atoms with van der Waals surface area (Å²) in [5.41, 5.74) is 1.96. The van der Waals surface area contributed by atoms with Crippen LogP contribution >= 0.6 is 0 Å². The van der Waals surface area contributed by atoms with Crippen molar-refractivity contribution < 1.29 is 27.7 Å². The molecule has 3 rings (SSSR count). The van der Waals surface area contributed by atoms with Gasteiger partial charge in [0.05, 0.1) is 18.3 Å². The van der Waals surface area contributed by atoms with E-state index >= 15 is 0 Å². The van der Waals surface area contributed by atoms with Gasteiger partial charge in [0.1, 0.15) is 24.0 Å². The SMILES string of the molecule is CNC(=O)C(Cc1ccccc1)N(Cc1cccc(C)c1)C(=O)CN(c1cc([N+](=O)[O-])ccc1OC)S(C)(=O)=O. The lowest BCUT2D eigenvalue weighted by Crippen LogP contribution is -2.52. The van der Waals surface area contributed by atoms with Crippen LogP contribution in [-0.2, 0) is 32.6 Å². The molecule has 0 spiro atoms. The van der Waals surface area contributed by atoms with Crippen molar-refractivity contribution in [1.29, 1.82) is 0 Å². The lowest BCUT2D eigenvalue weighted by molar-refractivity contribution is -0.384. The molecule has 0 aliphatic heterocycles. The van der Waals surface area contributed by atoms with E-state index in [2.05, 4.69) is 5.32 Å². The molecule has 3 aromatic carbocycles. The Labute approximate surface area is 233 Å². The summed E-state index contributed by atoms with van der Waals surface area (Å²) in [6.07, 6.45) is 1.07. The Morgan fingerprint density at radius 3 is 2.27 bits per heavy atom. The number of rotatable bonds is 12. The molecule has 0 saturated carbocycles. The number of amides is 2. The van der Waals surface area contributed by atoms with E-state index in [0.29, 0.717) is 0 Å². The minimum atomic E-state index is -4.13. The normalized spacial score (nSPS) is 11.8. The third-order valence-electron chi connectivity index (χ3n) is 6.27. The van der Waals surface area contributed by atoms with Crippen molar-refractivity contribution in [2.75, 3.05) is 31.3 Å². The van der Waals surface area contributed by atoms with E-state index in [1.54, 1.807) is 0 Å². The Balaban J connectivity index is 2.10. The van der Waals surface area contributed by atoms with Crippen LogP contribution in [0.3, 0.4) is 0 Å². The van der Waals surface area contributed by atoms with Crippen LogP contribution in [0.1, 0.15) is 16.7 Å². The van der Waals surface area contributed by atoms with Gasteiger partial charge < -0.3 is 15.0 Å². The van der Waals surface area contributed by atoms with Crippen molar-refractivity contribution in [3.8, 4) is 5.75 Å². The number of nitrogens with one attached hydrogen (secondary N) is 1. The van der Waals surface area contributed by atoms with E-state index in [1.165, 1.54) is 31.2 Å². The summed E-state index contributed by atoms with van der Waals surface area (Å²) >= 11 is 0. The van der Waals surface area contributed by atoms with Crippen molar-refractivity contribution in [3.63, 3.8) is 0 Å². The van der Waals surface area contributed by atoms with Gasteiger partial charge in [-0.1, -0.05) is 60.2 Å². The maximum atomic E-state index is 14.0. The molecule has 0 radical (unpaired) electrons. The molecule has 3 aromatic rings. The minimum absolute atomic E-state index is 0.0229. The van der Waals surface area contributed by atoms with Gasteiger partial charge in [0.2, 0.25) is 21.8 Å². The minimum Gasteiger partial charge on any atom is -0.495 e. The lowest BCUT2D eigenvalue weighted by atomic mass is 10.0. The van der Waals surface area contributed by atoms with Gasteiger partial charge in [-0.25, -0.2) is 8.42 Å². The quantitative estimate of drug-likeness (QED) is 0.262. The van der Waals surface area contributed by atoms with E-state index in [1.807, 2.05) is 61.5 Å². The number of carbonyl (C=O) groups excluding carboxylic acids is 2. The fraction of sp³-hybridized carbons (Fsp3) is 0.286. The van der Waals surface area contributed by atoms with Gasteiger partial charge in [-0.15, -0.1) is 0 Å². The number of likely N-dealkylation sites (N-methyl/N-ethyl adjacent to an activating group) is 1. The van der Waals surface area contributed by atoms with Crippen LogP contribution in [0.25, 0.3) is 0 Å². The standard InChI is InChI=1S/C28H32N4O7S/c1-20-9-8-12-22(15-20)18-30(25(28(34)29-2)16-21-10-6-5-7-11-21)27(33)19-31(40(4,37)38)24-17-23(32(35)36)13-14-26(24)39-3/h5-15,17,25H,16,18-19H2,1-4H3,(H,29,34). The Hall–Kier alpha value is -4.45. The number of hydrogen-bond acceptors (Lipinski definition) is 7. The second-order valence-electron chi connectivity index (χ2n) is 9.21. The van der Waals surface area contributed by atoms with Crippen LogP contribution in [0, 0.1) is 17.0 Å². The van der Waals surface area contributed by atoms with E-state index in [0.717, 1.165) is 33.3 Å². The number of non-ortho nitro benzene ring substituents is 1. The third-order valence-corrected chi connectivity index (χ3v) is 7.40. The number of aryl methyl sites for hydroxylation is 1. The molecule has 11 nitrogen and oxygen atoms in total. The van der Waals surface area contributed by atoms with E-state index in [9.17, 15) is 28.1 Å². The van der Waals surface area contributed by atoms with Gasteiger partial charge in [-0.3, -0.25) is 24.0 Å². The number of anilines is 1. The van der Waals surface area contributed by atoms with Crippen molar-refractivity contribution in [3.05, 3.63) is 99.6 Å². The third kappa shape index (κ3) is 7.56. The molecule has 0 aromatic heterocycles. The highest BCUT2D eigenvalue weighted by molar-refractivity contribution is 7.92. The van der Waals surface area contributed by atoms with Gasteiger partial charge in [0.15, 0.2) is 0 Å². The molecule has 2 amide bonds. The van der Waals surface area contributed by atoms with Gasteiger partial charge in [0, 0.05) is 32.1 Å². The van der Waals surface area contributed by atoms with E-state index < -0.39 is 39.3 Å². The molecule has 0 heterocycles. The van der Waals surface area contributed by atoms with Gasteiger partial charge in [-0.05, 0) is 24.1 Å². The maximum Gasteiger partial charge on any atom is 0.271 e. The number of nitrogens with zero attached hydrogens (tertiary/aromatic N) is 3. The first kappa shape index (κ1) is 30.1. The monoisotopic (exact) mass is 568 g/mol. The highest BCUT2D eigenvalue weighted by Gasteiger charge is 2.34. The number of nitro benzene ring substituents is 1. The van der Waals surface area contributed by atoms with Crippen LogP contribution in [-0.4, -0.2) is 63.1 Å². The molecule has 1 unspecified atom stereocenters. The Kier molecular flexibility index (Phi) is 9.83. The molecule has 0 saturated heterocycles. The fourth-order valence-electron chi connectivity index (χ4n) is 4.31. The molecule has 1 atom stereocenters. The molecule has 40 heavy (non-hydrogen) atoms. The Morgan fingerprint density at radius 1 is 1.02 bits per heavy atom. The van der Waals surface area contributed by atoms with Gasteiger partial charge in [0.25, 0.3) is 5.69 Å². The summed E-state index contributed by atoms with van der Waals surface area (Å²) in [5.74, 6) is -1.07. The number of hydrogen-bond donors (Lipinski definition) is 1. The molecule has 12 heteroatoms. The van der Waals surface area contributed by atoms with Crippen LogP contribution in [0.5, 0.6) is 5.75 Å². The molecule has 0 aliphatic rings. The predicted molar refractivity (Wildman–Crippen MR) is 152 cm³/mol. The van der Waals surface area contributed by atoms with Crippen LogP contribution in [0.2, 0.25) is 0 Å². The molecule has 0 bridgehead atoms. The number of ether oxygens (including phenoxy) is 1. The largest absolute Gasteiger partial charge is 0.495 e. The number of benzene rings is 3. The van der Waals surface area contributed by atoms with Gasteiger partial charge >= 0.3 is 0 Å². The Morgan fingerprint density at radius 2 is 1.70 bits per heavy atom. The number of sulfonamides is 1. The molecular formula is C28H32N4O7S. The van der Waals surface area contributed by atoms with Crippen LogP contribution in [0.4, 0.5) is 11.4 Å². The van der Waals surface area contributed by atoms with Crippen molar-refractivity contribution in [2.24, 2.45) is 0 Å². The van der Waals surface area contributed by atoms with Crippen LogP contribution < -0.4 is 14.4 Å². The number of carbonyl (C=O) groups is 2. The topological polar surface area (TPSA) is 139 Å². The molecular weight excluding hydrogens is 536 g/mol. The summed E-state index contributed by atoms with van der Waals surface area (Å²) < 4.78 is 31.9. The average Bonchev–Trinajstić information content (AvgIpc) is 2.92. The first-order chi connectivity index (χ1) is 18.9. The van der Waals surface area contributed by atoms with Gasteiger partial charge in [-0.2, -0.15) is 0 Å². The predicted octanol–water partition coefficient (Wildman–Crippen LogP) is 3.06. The van der Waals surface area contributed by atoms with Crippen molar-refractivity contribution >= 4 is 33.2 Å². The summed E-state index contributed by atoms with van der Waals surface area (Å²) in [6.45, 7) is 1.20. The average molecular weight is 569 g/mol. The second kappa shape index (κ2) is 13.1. The summed E-state index contributed by atoms with van der Waals surface area (Å²) in [5, 5.41) is 14.0.